The minimum atomic E-state index is 0.627. The van der Waals surface area contributed by atoms with Gasteiger partial charge in [-0.15, -0.1) is 11.6 Å². The number of halogens is 1. The molecule has 1 aromatic heterocycles. The molecule has 2 rings (SSSR count). The van der Waals surface area contributed by atoms with Crippen LogP contribution in [0.2, 0.25) is 0 Å². The van der Waals surface area contributed by atoms with Crippen LogP contribution in [0.5, 0.6) is 0 Å². The van der Waals surface area contributed by atoms with Gasteiger partial charge >= 0.3 is 0 Å². The zero-order chi connectivity index (χ0) is 11.4. The monoisotopic (exact) mass is 234 g/mol. The number of hydrogen-bond donors (Lipinski definition) is 0. The van der Waals surface area contributed by atoms with Crippen molar-refractivity contribution in [1.82, 2.24) is 4.98 Å². The second-order valence-electron chi connectivity index (χ2n) is 3.63. The molecule has 1 aromatic carbocycles. The maximum absolute atomic E-state index is 5.77. The van der Waals surface area contributed by atoms with Crippen LogP contribution in [0.25, 0.3) is 10.9 Å². The molecule has 1 heterocycles. The largest absolute Gasteiger partial charge is 0.356 e. The van der Waals surface area contributed by atoms with Crippen LogP contribution in [0, 0.1) is 0 Å². The van der Waals surface area contributed by atoms with Gasteiger partial charge in [0.25, 0.3) is 0 Å². The van der Waals surface area contributed by atoms with Crippen molar-refractivity contribution in [3.05, 3.63) is 36.4 Å². The number of aromatic nitrogens is 1. The van der Waals surface area contributed by atoms with E-state index in [2.05, 4.69) is 35.0 Å². The minimum Gasteiger partial charge on any atom is -0.356 e. The molecule has 0 unspecified atom stereocenters. The van der Waals surface area contributed by atoms with Gasteiger partial charge in [-0.25, -0.2) is 4.98 Å². The second kappa shape index (κ2) is 5.17. The van der Waals surface area contributed by atoms with Crippen molar-refractivity contribution >= 4 is 28.3 Å². The number of fused-ring (bicyclic) bond motifs is 1. The van der Waals surface area contributed by atoms with Crippen molar-refractivity contribution in [2.24, 2.45) is 0 Å². The van der Waals surface area contributed by atoms with E-state index in [1.807, 2.05) is 18.2 Å². The minimum absolute atomic E-state index is 0.627. The summed E-state index contributed by atoms with van der Waals surface area (Å²) < 4.78 is 0. The first-order valence-electron chi connectivity index (χ1n) is 5.52. The molecule has 0 aliphatic heterocycles. The Morgan fingerprint density at radius 2 is 2.00 bits per heavy atom. The Morgan fingerprint density at radius 1 is 1.19 bits per heavy atom. The lowest BCUT2D eigenvalue weighted by molar-refractivity contribution is 0.853. The van der Waals surface area contributed by atoms with Gasteiger partial charge in [0, 0.05) is 24.4 Å². The molecule has 0 radical (unpaired) electrons. The van der Waals surface area contributed by atoms with Gasteiger partial charge < -0.3 is 4.90 Å². The summed E-state index contributed by atoms with van der Waals surface area (Å²) in [7, 11) is 0. The van der Waals surface area contributed by atoms with Crippen LogP contribution >= 0.6 is 11.6 Å². The third kappa shape index (κ3) is 2.27. The number of rotatable bonds is 4. The molecule has 3 heteroatoms. The first-order valence-corrected chi connectivity index (χ1v) is 6.05. The van der Waals surface area contributed by atoms with Crippen LogP contribution in [0.4, 0.5) is 5.82 Å². The number of benzene rings is 1. The van der Waals surface area contributed by atoms with Gasteiger partial charge in [0.1, 0.15) is 5.82 Å². The molecule has 16 heavy (non-hydrogen) atoms. The van der Waals surface area contributed by atoms with Crippen molar-refractivity contribution in [2.75, 3.05) is 23.9 Å². The molecule has 0 spiro atoms. The molecule has 0 aliphatic rings. The molecule has 84 valence electrons. The molecular weight excluding hydrogens is 220 g/mol. The molecule has 0 N–H and O–H groups in total. The summed E-state index contributed by atoms with van der Waals surface area (Å²) in [6.07, 6.45) is 0. The predicted molar refractivity (Wildman–Crippen MR) is 70.4 cm³/mol. The van der Waals surface area contributed by atoms with Crippen molar-refractivity contribution in [3.8, 4) is 0 Å². The van der Waals surface area contributed by atoms with Crippen molar-refractivity contribution in [3.63, 3.8) is 0 Å². The number of anilines is 1. The summed E-state index contributed by atoms with van der Waals surface area (Å²) in [6, 6.07) is 12.3. The number of para-hydroxylation sites is 1. The van der Waals surface area contributed by atoms with Crippen molar-refractivity contribution in [1.29, 1.82) is 0 Å². The van der Waals surface area contributed by atoms with Crippen LogP contribution in [0.1, 0.15) is 6.92 Å². The first-order chi connectivity index (χ1) is 7.85. The molecule has 0 atom stereocenters. The van der Waals surface area contributed by atoms with Crippen LogP contribution in [-0.2, 0) is 0 Å². The van der Waals surface area contributed by atoms with Gasteiger partial charge in [-0.3, -0.25) is 0 Å². The quantitative estimate of drug-likeness (QED) is 0.755. The molecule has 0 saturated heterocycles. The summed E-state index contributed by atoms with van der Waals surface area (Å²) in [5.41, 5.74) is 1.04. The Hall–Kier alpha value is -1.28. The molecule has 0 aliphatic carbocycles. The molecule has 0 fully saturated rings. The molecule has 2 nitrogen and oxygen atoms in total. The highest BCUT2D eigenvalue weighted by molar-refractivity contribution is 6.18. The summed E-state index contributed by atoms with van der Waals surface area (Å²) in [5.74, 6) is 1.63. The Morgan fingerprint density at radius 3 is 2.75 bits per heavy atom. The van der Waals surface area contributed by atoms with Gasteiger partial charge in [-0.05, 0) is 25.1 Å². The van der Waals surface area contributed by atoms with Gasteiger partial charge in [0.2, 0.25) is 0 Å². The second-order valence-corrected chi connectivity index (χ2v) is 4.01. The van der Waals surface area contributed by atoms with Crippen LogP contribution in [-0.4, -0.2) is 24.0 Å². The van der Waals surface area contributed by atoms with E-state index < -0.39 is 0 Å². The lowest BCUT2D eigenvalue weighted by Crippen LogP contribution is -2.25. The molecule has 0 saturated carbocycles. The highest BCUT2D eigenvalue weighted by Crippen LogP contribution is 2.17. The van der Waals surface area contributed by atoms with Gasteiger partial charge in [-0.2, -0.15) is 0 Å². The fourth-order valence-corrected chi connectivity index (χ4v) is 1.97. The van der Waals surface area contributed by atoms with Crippen LogP contribution in [0.3, 0.4) is 0 Å². The lowest BCUT2D eigenvalue weighted by atomic mass is 10.2. The smallest absolute Gasteiger partial charge is 0.129 e. The fourth-order valence-electron chi connectivity index (χ4n) is 1.77. The number of hydrogen-bond acceptors (Lipinski definition) is 2. The summed E-state index contributed by atoms with van der Waals surface area (Å²) in [4.78, 5) is 6.81. The number of alkyl halides is 1. The molecular formula is C13H15ClN2. The fraction of sp³-hybridized carbons (Fsp3) is 0.308. The molecule has 0 amide bonds. The first kappa shape index (κ1) is 11.2. The van der Waals surface area contributed by atoms with E-state index in [1.165, 1.54) is 5.39 Å². The third-order valence-corrected chi connectivity index (χ3v) is 2.81. The maximum atomic E-state index is 5.77. The average molecular weight is 235 g/mol. The van der Waals surface area contributed by atoms with Crippen LogP contribution < -0.4 is 4.90 Å². The average Bonchev–Trinajstić information content (AvgIpc) is 2.35. The Labute approximate surface area is 101 Å². The topological polar surface area (TPSA) is 16.1 Å². The summed E-state index contributed by atoms with van der Waals surface area (Å²) in [6.45, 7) is 3.88. The number of pyridine rings is 1. The zero-order valence-electron chi connectivity index (χ0n) is 9.36. The van der Waals surface area contributed by atoms with Gasteiger partial charge in [0.05, 0.1) is 5.52 Å². The zero-order valence-corrected chi connectivity index (χ0v) is 10.1. The predicted octanol–water partition coefficient (Wildman–Crippen LogP) is 3.30. The van der Waals surface area contributed by atoms with Gasteiger partial charge in [-0.1, -0.05) is 18.2 Å². The number of nitrogens with zero attached hydrogens (tertiary/aromatic N) is 2. The Bertz CT molecular complexity index is 470. The van der Waals surface area contributed by atoms with E-state index in [9.17, 15) is 0 Å². The SMILES string of the molecule is CCN(CCCl)c1ccc2ccccc2n1. The Kier molecular flexibility index (Phi) is 3.62. The van der Waals surface area contributed by atoms with E-state index in [-0.39, 0.29) is 0 Å². The summed E-state index contributed by atoms with van der Waals surface area (Å²) in [5, 5.41) is 1.17. The van der Waals surface area contributed by atoms with E-state index in [0.29, 0.717) is 5.88 Å². The van der Waals surface area contributed by atoms with E-state index in [0.717, 1.165) is 24.4 Å². The standard InChI is InChI=1S/C13H15ClN2/c1-2-16(10-9-14)13-8-7-11-5-3-4-6-12(11)15-13/h3-8H,2,9-10H2,1H3. The third-order valence-electron chi connectivity index (χ3n) is 2.64. The van der Waals surface area contributed by atoms with E-state index in [4.69, 9.17) is 11.6 Å². The van der Waals surface area contributed by atoms with E-state index in [1.54, 1.807) is 0 Å². The van der Waals surface area contributed by atoms with Gasteiger partial charge in [0.15, 0.2) is 0 Å². The highest BCUT2D eigenvalue weighted by Gasteiger charge is 2.05. The highest BCUT2D eigenvalue weighted by atomic mass is 35.5. The molecule has 0 bridgehead atoms. The summed E-state index contributed by atoms with van der Waals surface area (Å²) >= 11 is 5.77. The maximum Gasteiger partial charge on any atom is 0.129 e. The lowest BCUT2D eigenvalue weighted by Gasteiger charge is -2.20. The van der Waals surface area contributed by atoms with Crippen molar-refractivity contribution < 1.29 is 0 Å². The van der Waals surface area contributed by atoms with E-state index >= 15 is 0 Å². The Balaban J connectivity index is 2.37. The van der Waals surface area contributed by atoms with Crippen molar-refractivity contribution in [2.45, 2.75) is 6.92 Å². The molecule has 2 aromatic rings. The normalized spacial score (nSPS) is 10.6. The van der Waals surface area contributed by atoms with Crippen LogP contribution in [0.15, 0.2) is 36.4 Å².